The first kappa shape index (κ1) is 15.2. The van der Waals surface area contributed by atoms with E-state index in [2.05, 4.69) is 28.7 Å². The monoisotopic (exact) mass is 271 g/mol. The molecule has 18 heavy (non-hydrogen) atoms. The summed E-state index contributed by atoms with van der Waals surface area (Å²) in [6.45, 7) is 5.78. The lowest BCUT2D eigenvalue weighted by Crippen LogP contribution is -2.16. The first-order valence-electron chi connectivity index (χ1n) is 6.24. The Labute approximate surface area is 114 Å². The summed E-state index contributed by atoms with van der Waals surface area (Å²) in [5.74, 6) is 2.17. The average Bonchev–Trinajstić information content (AvgIpc) is 2.34. The molecule has 0 aliphatic carbocycles. The van der Waals surface area contributed by atoms with Gasteiger partial charge in [0.05, 0.1) is 18.7 Å². The zero-order valence-corrected chi connectivity index (χ0v) is 12.4. The quantitative estimate of drug-likeness (QED) is 0.565. The van der Waals surface area contributed by atoms with Crippen molar-refractivity contribution >= 4 is 11.6 Å². The average molecular weight is 272 g/mol. The van der Waals surface area contributed by atoms with Crippen LogP contribution in [0.1, 0.15) is 37.7 Å². The molecule has 4 nitrogen and oxygen atoms in total. The summed E-state index contributed by atoms with van der Waals surface area (Å²) in [6, 6.07) is 0. The lowest BCUT2D eigenvalue weighted by molar-refractivity contribution is 0.277. The molecule has 0 unspecified atom stereocenters. The van der Waals surface area contributed by atoms with Crippen molar-refractivity contribution in [2.24, 2.45) is 0 Å². The molecule has 1 rings (SSSR count). The van der Waals surface area contributed by atoms with Gasteiger partial charge in [0, 0.05) is 12.5 Å². The lowest BCUT2D eigenvalue weighted by atomic mass is 10.2. The summed E-state index contributed by atoms with van der Waals surface area (Å²) in [4.78, 5) is 10.9. The van der Waals surface area contributed by atoms with Gasteiger partial charge in [-0.05, 0) is 20.5 Å². The van der Waals surface area contributed by atoms with Gasteiger partial charge >= 0.3 is 0 Å². The van der Waals surface area contributed by atoms with Crippen LogP contribution in [0.15, 0.2) is 6.20 Å². The van der Waals surface area contributed by atoms with Gasteiger partial charge in [0.25, 0.3) is 0 Å². The fourth-order valence-corrected chi connectivity index (χ4v) is 1.67. The van der Waals surface area contributed by atoms with Gasteiger partial charge in [-0.2, -0.15) is 0 Å². The van der Waals surface area contributed by atoms with Gasteiger partial charge in [-0.25, -0.2) is 9.97 Å². The summed E-state index contributed by atoms with van der Waals surface area (Å²) in [5, 5.41) is 0. The molecule has 0 bridgehead atoms. The third-order valence-corrected chi connectivity index (χ3v) is 2.75. The molecule has 0 saturated carbocycles. The molecule has 0 amide bonds. The Hall–Kier alpha value is -0.870. The Kier molecular flexibility index (Phi) is 6.36. The molecule has 102 valence electrons. The highest BCUT2D eigenvalue weighted by atomic mass is 35.5. The molecule has 0 atom stereocenters. The van der Waals surface area contributed by atoms with Gasteiger partial charge in [-0.15, -0.1) is 11.6 Å². The summed E-state index contributed by atoms with van der Waals surface area (Å²) in [6.07, 6.45) is 2.70. The Morgan fingerprint density at radius 2 is 2.11 bits per heavy atom. The second-order valence-electron chi connectivity index (χ2n) is 4.83. The van der Waals surface area contributed by atoms with Crippen LogP contribution in [0.2, 0.25) is 0 Å². The molecule has 0 aromatic carbocycles. The molecule has 0 spiro atoms. The van der Waals surface area contributed by atoms with Crippen LogP contribution in [0.25, 0.3) is 0 Å². The van der Waals surface area contributed by atoms with E-state index in [1.54, 1.807) is 6.20 Å². The van der Waals surface area contributed by atoms with Gasteiger partial charge in [-0.3, -0.25) is 0 Å². The van der Waals surface area contributed by atoms with E-state index >= 15 is 0 Å². The largest absolute Gasteiger partial charge is 0.490 e. The minimum Gasteiger partial charge on any atom is -0.490 e. The standard InChI is InChI=1S/C13H22ClN3O/c1-10(2)13-15-9-12(11(8-14)16-13)18-7-5-6-17(3)4/h9-10H,5-8H2,1-4H3. The SMILES string of the molecule is CC(C)c1ncc(OCCCN(C)C)c(CCl)n1. The number of ether oxygens (including phenoxy) is 1. The lowest BCUT2D eigenvalue weighted by Gasteiger charge is -2.13. The van der Waals surface area contributed by atoms with Crippen molar-refractivity contribution in [2.45, 2.75) is 32.1 Å². The molecule has 0 saturated heterocycles. The highest BCUT2D eigenvalue weighted by Crippen LogP contribution is 2.20. The number of hydrogen-bond acceptors (Lipinski definition) is 4. The number of halogens is 1. The van der Waals surface area contributed by atoms with Crippen molar-refractivity contribution in [3.05, 3.63) is 17.7 Å². The molecular weight excluding hydrogens is 250 g/mol. The van der Waals surface area contributed by atoms with E-state index in [4.69, 9.17) is 16.3 Å². The third kappa shape index (κ3) is 4.78. The van der Waals surface area contributed by atoms with E-state index in [1.165, 1.54) is 0 Å². The number of aromatic nitrogens is 2. The van der Waals surface area contributed by atoms with Gasteiger partial charge in [0.1, 0.15) is 11.5 Å². The van der Waals surface area contributed by atoms with Crippen LogP contribution in [0.4, 0.5) is 0 Å². The highest BCUT2D eigenvalue weighted by molar-refractivity contribution is 6.17. The molecular formula is C13H22ClN3O. The van der Waals surface area contributed by atoms with Crippen LogP contribution in [-0.4, -0.2) is 42.1 Å². The molecule has 0 fully saturated rings. The first-order chi connectivity index (χ1) is 8.54. The number of alkyl halides is 1. The van der Waals surface area contributed by atoms with Crippen LogP contribution < -0.4 is 4.74 Å². The minimum absolute atomic E-state index is 0.301. The van der Waals surface area contributed by atoms with Crippen molar-refractivity contribution in [1.29, 1.82) is 0 Å². The second-order valence-corrected chi connectivity index (χ2v) is 5.10. The zero-order valence-electron chi connectivity index (χ0n) is 11.6. The van der Waals surface area contributed by atoms with Crippen LogP contribution in [0.5, 0.6) is 5.75 Å². The zero-order chi connectivity index (χ0) is 13.5. The Balaban J connectivity index is 2.59. The fourth-order valence-electron chi connectivity index (χ4n) is 1.48. The molecule has 1 aromatic rings. The summed E-state index contributed by atoms with van der Waals surface area (Å²) in [5.41, 5.74) is 0.778. The van der Waals surface area contributed by atoms with Crippen LogP contribution in [0, 0.1) is 0 Å². The van der Waals surface area contributed by atoms with Crippen molar-refractivity contribution in [3.8, 4) is 5.75 Å². The van der Waals surface area contributed by atoms with Crippen LogP contribution in [-0.2, 0) is 5.88 Å². The maximum atomic E-state index is 5.89. The summed E-state index contributed by atoms with van der Waals surface area (Å²) < 4.78 is 5.68. The molecule has 5 heteroatoms. The van der Waals surface area contributed by atoms with E-state index in [-0.39, 0.29) is 0 Å². The smallest absolute Gasteiger partial charge is 0.160 e. The number of hydrogen-bond donors (Lipinski definition) is 0. The molecule has 0 aliphatic rings. The van der Waals surface area contributed by atoms with E-state index < -0.39 is 0 Å². The Morgan fingerprint density at radius 3 is 2.67 bits per heavy atom. The highest BCUT2D eigenvalue weighted by Gasteiger charge is 2.09. The van der Waals surface area contributed by atoms with Gasteiger partial charge in [0.15, 0.2) is 5.75 Å². The normalized spacial score (nSPS) is 11.3. The fraction of sp³-hybridized carbons (Fsp3) is 0.692. The molecule has 1 aromatic heterocycles. The molecule has 0 N–H and O–H groups in total. The number of nitrogens with zero attached hydrogens (tertiary/aromatic N) is 3. The van der Waals surface area contributed by atoms with E-state index in [0.717, 1.165) is 24.5 Å². The third-order valence-electron chi connectivity index (χ3n) is 2.50. The molecule has 0 radical (unpaired) electrons. The van der Waals surface area contributed by atoms with Gasteiger partial charge in [0.2, 0.25) is 0 Å². The number of rotatable bonds is 7. The first-order valence-corrected chi connectivity index (χ1v) is 6.77. The van der Waals surface area contributed by atoms with E-state index in [1.807, 2.05) is 14.1 Å². The van der Waals surface area contributed by atoms with Crippen molar-refractivity contribution < 1.29 is 4.74 Å². The predicted octanol–water partition coefficient (Wildman–Crippen LogP) is 2.67. The van der Waals surface area contributed by atoms with E-state index in [0.29, 0.717) is 24.2 Å². The molecule has 1 heterocycles. The second kappa shape index (κ2) is 7.54. The van der Waals surface area contributed by atoms with E-state index in [9.17, 15) is 0 Å². The van der Waals surface area contributed by atoms with Crippen LogP contribution in [0.3, 0.4) is 0 Å². The Bertz CT molecular complexity index is 369. The van der Waals surface area contributed by atoms with Gasteiger partial charge in [-0.1, -0.05) is 13.8 Å². The van der Waals surface area contributed by atoms with Crippen molar-refractivity contribution in [3.63, 3.8) is 0 Å². The van der Waals surface area contributed by atoms with Gasteiger partial charge < -0.3 is 9.64 Å². The summed E-state index contributed by atoms with van der Waals surface area (Å²) >= 11 is 5.89. The predicted molar refractivity (Wildman–Crippen MR) is 74.3 cm³/mol. The van der Waals surface area contributed by atoms with Crippen LogP contribution >= 0.6 is 11.6 Å². The van der Waals surface area contributed by atoms with Crippen molar-refractivity contribution in [1.82, 2.24) is 14.9 Å². The minimum atomic E-state index is 0.301. The Morgan fingerprint density at radius 1 is 1.39 bits per heavy atom. The van der Waals surface area contributed by atoms with Crippen molar-refractivity contribution in [2.75, 3.05) is 27.2 Å². The maximum Gasteiger partial charge on any atom is 0.160 e. The summed E-state index contributed by atoms with van der Waals surface area (Å²) in [7, 11) is 4.09. The topological polar surface area (TPSA) is 38.2 Å². The molecule has 0 aliphatic heterocycles. The maximum absolute atomic E-state index is 5.89.